The van der Waals surface area contributed by atoms with Crippen molar-refractivity contribution in [2.45, 2.75) is 77.5 Å². The molecule has 0 bridgehead atoms. The minimum Gasteiger partial charge on any atom is -0.446 e. The molecule has 5 rings (SSSR count). The molecule has 0 radical (unpaired) electrons. The van der Waals surface area contributed by atoms with E-state index in [9.17, 15) is 22.4 Å². The fourth-order valence-electron chi connectivity index (χ4n) is 5.63. The number of tetrazole rings is 1. The van der Waals surface area contributed by atoms with E-state index in [-0.39, 0.29) is 35.8 Å². The van der Waals surface area contributed by atoms with Gasteiger partial charge in [-0.25, -0.2) is 9.18 Å². The molecule has 40 heavy (non-hydrogen) atoms. The van der Waals surface area contributed by atoms with E-state index < -0.39 is 24.5 Å². The largest absolute Gasteiger partial charge is 0.446 e. The fraction of sp³-hybridized carbons (Fsp3) is 0.500. The lowest BCUT2D eigenvalue weighted by Crippen LogP contribution is -2.34. The average molecular weight is 561 g/mol. The lowest BCUT2D eigenvalue weighted by Gasteiger charge is -2.32. The third-order valence-corrected chi connectivity index (χ3v) is 7.33. The number of carbonyl (C=O) groups excluding carboxylic acids is 1. The maximum absolute atomic E-state index is 13.7. The van der Waals surface area contributed by atoms with Crippen LogP contribution in [-0.4, -0.2) is 38.9 Å². The molecule has 0 saturated carbocycles. The Morgan fingerprint density at radius 2 is 1.82 bits per heavy atom. The molecule has 0 fully saturated rings. The number of amides is 1. The molecule has 0 N–H and O–H groups in total. The molecule has 0 spiro atoms. The Morgan fingerprint density at radius 3 is 2.48 bits per heavy atom. The molecule has 1 aromatic heterocycles. The maximum atomic E-state index is 13.7. The van der Waals surface area contributed by atoms with Crippen LogP contribution in [0.5, 0.6) is 0 Å². The van der Waals surface area contributed by atoms with Gasteiger partial charge >= 0.3 is 12.3 Å². The second-order valence-corrected chi connectivity index (χ2v) is 10.7. The van der Waals surface area contributed by atoms with Crippen LogP contribution in [0, 0.1) is 0 Å². The third-order valence-electron chi connectivity index (χ3n) is 7.33. The Balaban J connectivity index is 1.62. The van der Waals surface area contributed by atoms with Crippen molar-refractivity contribution in [3.63, 3.8) is 0 Å². The molecule has 1 aliphatic carbocycles. The smallest absolute Gasteiger partial charge is 0.416 e. The second kappa shape index (κ2) is 11.1. The van der Waals surface area contributed by atoms with Crippen molar-refractivity contribution in [1.29, 1.82) is 0 Å². The number of aromatic nitrogens is 4. The van der Waals surface area contributed by atoms with Gasteiger partial charge in [0.05, 0.1) is 30.4 Å². The summed E-state index contributed by atoms with van der Waals surface area (Å²) in [7, 11) is 1.61. The summed E-state index contributed by atoms with van der Waals surface area (Å²) in [5, 5.41) is 12.5. The molecule has 1 amide bonds. The number of rotatable bonds is 6. The third kappa shape index (κ3) is 5.75. The number of aryl methyl sites for hydroxylation is 3. The summed E-state index contributed by atoms with van der Waals surface area (Å²) in [5.74, 6) is 0.233. The predicted octanol–water partition coefficient (Wildman–Crippen LogP) is 6.08. The Bertz CT molecular complexity index is 1390. The topological polar surface area (TPSA) is 76.4 Å². The Hall–Kier alpha value is -3.70. The van der Waals surface area contributed by atoms with Crippen molar-refractivity contribution in [3.8, 4) is 0 Å². The molecule has 1 aliphatic heterocycles. The van der Waals surface area contributed by atoms with Crippen LogP contribution in [0.25, 0.3) is 0 Å². The molecule has 2 aromatic carbocycles. The minimum atomic E-state index is -4.62. The summed E-state index contributed by atoms with van der Waals surface area (Å²) >= 11 is 0. The van der Waals surface area contributed by atoms with Crippen LogP contribution < -0.4 is 9.80 Å². The number of anilines is 2. The number of nitrogens with zero attached hydrogens (tertiary/aromatic N) is 6. The first-order valence-corrected chi connectivity index (χ1v) is 13.4. The molecular weight excluding hydrogens is 528 g/mol. The van der Waals surface area contributed by atoms with Crippen LogP contribution in [0.2, 0.25) is 0 Å². The van der Waals surface area contributed by atoms with Gasteiger partial charge in [-0.05, 0) is 97.2 Å². The number of halogens is 4. The number of hydrogen-bond donors (Lipinski definition) is 0. The first-order chi connectivity index (χ1) is 19.0. The first-order valence-electron chi connectivity index (χ1n) is 13.4. The van der Waals surface area contributed by atoms with E-state index in [1.54, 1.807) is 25.8 Å². The molecule has 1 unspecified atom stereocenters. The minimum absolute atomic E-state index is 0.0136. The van der Waals surface area contributed by atoms with E-state index in [0.29, 0.717) is 19.4 Å². The van der Waals surface area contributed by atoms with Gasteiger partial charge in [0.1, 0.15) is 6.67 Å². The van der Waals surface area contributed by atoms with E-state index >= 15 is 0 Å². The molecule has 2 aliphatic rings. The number of carbonyl (C=O) groups is 1. The number of ether oxygens (including phenoxy) is 1. The summed E-state index contributed by atoms with van der Waals surface area (Å²) < 4.78 is 60.2. The van der Waals surface area contributed by atoms with Gasteiger partial charge in [-0.3, -0.25) is 4.90 Å². The number of alkyl halides is 4. The van der Waals surface area contributed by atoms with Gasteiger partial charge in [-0.1, -0.05) is 17.2 Å². The molecular formula is C28H32F4N6O2. The highest BCUT2D eigenvalue weighted by molar-refractivity contribution is 5.89. The van der Waals surface area contributed by atoms with Gasteiger partial charge in [0.15, 0.2) is 0 Å². The molecule has 1 atom stereocenters. The summed E-state index contributed by atoms with van der Waals surface area (Å²) in [6, 6.07) is 7.07. The SMILES string of the molecule is CC(C)OC(=O)N1CCCC(N(Cc2cc(CF)cc(C(F)(F)F)c2)c2nnn(C)n2)c2cc3c(cc21)CCC3. The first kappa shape index (κ1) is 27.9. The van der Waals surface area contributed by atoms with E-state index in [4.69, 9.17) is 4.74 Å². The Morgan fingerprint density at radius 1 is 1.10 bits per heavy atom. The van der Waals surface area contributed by atoms with Gasteiger partial charge in [-0.2, -0.15) is 18.0 Å². The number of hydrogen-bond acceptors (Lipinski definition) is 6. The lowest BCUT2D eigenvalue weighted by molar-refractivity contribution is -0.137. The van der Waals surface area contributed by atoms with Crippen LogP contribution in [0.3, 0.4) is 0 Å². The highest BCUT2D eigenvalue weighted by Gasteiger charge is 2.35. The van der Waals surface area contributed by atoms with Crippen LogP contribution in [0.1, 0.15) is 72.5 Å². The van der Waals surface area contributed by atoms with E-state index in [2.05, 4.69) is 21.5 Å². The monoisotopic (exact) mass is 560 g/mol. The van der Waals surface area contributed by atoms with Gasteiger partial charge < -0.3 is 9.64 Å². The molecule has 214 valence electrons. The predicted molar refractivity (Wildman–Crippen MR) is 141 cm³/mol. The molecule has 3 aromatic rings. The average Bonchev–Trinajstić information content (AvgIpc) is 3.49. The number of benzene rings is 2. The van der Waals surface area contributed by atoms with Crippen LogP contribution in [0.4, 0.5) is 34.0 Å². The normalized spacial score (nSPS) is 17.0. The summed E-state index contributed by atoms with van der Waals surface area (Å²) in [4.78, 5) is 17.9. The van der Waals surface area contributed by atoms with Crippen molar-refractivity contribution < 1.29 is 27.1 Å². The zero-order chi connectivity index (χ0) is 28.6. The molecule has 0 saturated heterocycles. The molecule has 12 heteroatoms. The van der Waals surface area contributed by atoms with Gasteiger partial charge in [0.2, 0.25) is 0 Å². The van der Waals surface area contributed by atoms with Crippen LogP contribution in [0.15, 0.2) is 30.3 Å². The van der Waals surface area contributed by atoms with Crippen molar-refractivity contribution >= 4 is 17.7 Å². The number of fused-ring (bicyclic) bond motifs is 2. The lowest BCUT2D eigenvalue weighted by atomic mass is 9.95. The summed E-state index contributed by atoms with van der Waals surface area (Å²) in [6.07, 6.45) is -1.36. The van der Waals surface area contributed by atoms with Gasteiger partial charge in [0, 0.05) is 13.1 Å². The van der Waals surface area contributed by atoms with Gasteiger partial charge in [0.25, 0.3) is 5.95 Å². The Labute approximate surface area is 229 Å². The quantitative estimate of drug-likeness (QED) is 0.340. The second-order valence-electron chi connectivity index (χ2n) is 10.7. The zero-order valence-corrected chi connectivity index (χ0v) is 22.7. The summed E-state index contributed by atoms with van der Waals surface area (Å²) in [5.41, 5.74) is 3.24. The van der Waals surface area contributed by atoms with E-state index in [1.165, 1.54) is 22.0 Å². The van der Waals surface area contributed by atoms with Crippen LogP contribution >= 0.6 is 0 Å². The molecule has 2 heterocycles. The Kier molecular flexibility index (Phi) is 7.70. The molecule has 8 nitrogen and oxygen atoms in total. The van der Waals surface area contributed by atoms with E-state index in [1.807, 2.05) is 11.0 Å². The van der Waals surface area contributed by atoms with Crippen molar-refractivity contribution in [2.75, 3.05) is 16.3 Å². The van der Waals surface area contributed by atoms with Crippen molar-refractivity contribution in [2.24, 2.45) is 7.05 Å². The van der Waals surface area contributed by atoms with Crippen molar-refractivity contribution in [3.05, 3.63) is 63.7 Å². The highest BCUT2D eigenvalue weighted by atomic mass is 19.4. The van der Waals surface area contributed by atoms with Gasteiger partial charge in [-0.15, -0.1) is 5.10 Å². The van der Waals surface area contributed by atoms with Crippen LogP contribution in [-0.2, 0) is 44.0 Å². The van der Waals surface area contributed by atoms with Crippen molar-refractivity contribution in [1.82, 2.24) is 20.2 Å². The fourth-order valence-corrected chi connectivity index (χ4v) is 5.63. The highest BCUT2D eigenvalue weighted by Crippen LogP contribution is 2.42. The van der Waals surface area contributed by atoms with E-state index in [0.717, 1.165) is 42.6 Å². The zero-order valence-electron chi connectivity index (χ0n) is 22.7. The maximum Gasteiger partial charge on any atom is 0.416 e. The standard InChI is InChI=1S/C28H32F4N6O2/c1-17(2)40-27(39)37-9-5-8-24(23-13-20-6-4-7-21(20)14-25(23)37)38(26-33-35-36(3)34-26)16-19-10-18(15-29)11-22(12-19)28(30,31)32/h10-14,17,24H,4-9,15-16H2,1-3H3. The summed E-state index contributed by atoms with van der Waals surface area (Å²) in [6.45, 7) is 2.98.